The number of hydrogen-bond donors (Lipinski definition) is 0. The van der Waals surface area contributed by atoms with Crippen molar-refractivity contribution in [3.8, 4) is 6.07 Å². The Morgan fingerprint density at radius 3 is 2.50 bits per heavy atom. The van der Waals surface area contributed by atoms with Crippen molar-refractivity contribution in [2.75, 3.05) is 7.11 Å². The summed E-state index contributed by atoms with van der Waals surface area (Å²) < 4.78 is 54.2. The molecule has 0 saturated heterocycles. The summed E-state index contributed by atoms with van der Waals surface area (Å²) in [5.41, 5.74) is -5.79. The zero-order chi connectivity index (χ0) is 13.9. The Labute approximate surface area is 103 Å². The summed E-state index contributed by atoms with van der Waals surface area (Å²) >= 11 is -0.594. The molecule has 0 spiro atoms. The molecule has 0 N–H and O–H groups in total. The predicted molar refractivity (Wildman–Crippen MR) is 54.4 cm³/mol. The van der Waals surface area contributed by atoms with Crippen LogP contribution in [0.5, 0.6) is 0 Å². The average molecular weight is 279 g/mol. The Hall–Kier alpha value is -1.75. The molecule has 1 rings (SSSR count). The van der Waals surface area contributed by atoms with E-state index < -0.39 is 45.1 Å². The van der Waals surface area contributed by atoms with Gasteiger partial charge in [-0.2, -0.15) is 18.4 Å². The van der Waals surface area contributed by atoms with Gasteiger partial charge in [0.05, 0.1) is 18.2 Å². The van der Waals surface area contributed by atoms with E-state index in [1.54, 1.807) is 0 Å². The Bertz CT molecular complexity index is 522. The lowest BCUT2D eigenvalue weighted by Gasteiger charge is -2.09. The molecule has 1 aromatic rings. The maximum absolute atomic E-state index is 13.3. The SMILES string of the molecule is COC(=O)c1cc(SC(F)(F)F)c(C#N)cc1F. The zero-order valence-electron chi connectivity index (χ0n) is 8.84. The number of methoxy groups -OCH3 is 1. The molecule has 0 bridgehead atoms. The van der Waals surface area contributed by atoms with Crippen molar-refractivity contribution in [2.45, 2.75) is 10.4 Å². The Morgan fingerprint density at radius 1 is 1.44 bits per heavy atom. The molecular formula is C10H5F4NO2S. The highest BCUT2D eigenvalue weighted by Gasteiger charge is 2.31. The minimum atomic E-state index is -4.64. The van der Waals surface area contributed by atoms with Gasteiger partial charge in [-0.25, -0.2) is 9.18 Å². The highest BCUT2D eigenvalue weighted by Crippen LogP contribution is 2.39. The minimum Gasteiger partial charge on any atom is -0.465 e. The number of ether oxygens (including phenoxy) is 1. The van der Waals surface area contributed by atoms with Gasteiger partial charge in [-0.05, 0) is 23.9 Å². The van der Waals surface area contributed by atoms with E-state index in [-0.39, 0.29) is 0 Å². The number of esters is 1. The molecule has 18 heavy (non-hydrogen) atoms. The molecule has 3 nitrogen and oxygen atoms in total. The average Bonchev–Trinajstić information content (AvgIpc) is 2.28. The van der Waals surface area contributed by atoms with Crippen LogP contribution in [0.4, 0.5) is 17.6 Å². The van der Waals surface area contributed by atoms with Crippen LogP contribution in [0, 0.1) is 17.1 Å². The maximum atomic E-state index is 13.3. The number of alkyl halides is 3. The van der Waals surface area contributed by atoms with Crippen LogP contribution in [-0.4, -0.2) is 18.6 Å². The summed E-state index contributed by atoms with van der Waals surface area (Å²) in [6, 6.07) is 2.65. The molecule has 0 aliphatic rings. The summed E-state index contributed by atoms with van der Waals surface area (Å²) in [5, 5.41) is 8.61. The molecule has 0 aromatic heterocycles. The van der Waals surface area contributed by atoms with Crippen LogP contribution in [0.15, 0.2) is 17.0 Å². The second-order valence-electron chi connectivity index (χ2n) is 2.98. The third kappa shape index (κ3) is 3.37. The van der Waals surface area contributed by atoms with Crippen LogP contribution in [0.2, 0.25) is 0 Å². The molecule has 0 fully saturated rings. The fourth-order valence-electron chi connectivity index (χ4n) is 1.12. The van der Waals surface area contributed by atoms with E-state index in [0.717, 1.165) is 7.11 Å². The van der Waals surface area contributed by atoms with Gasteiger partial charge in [0.15, 0.2) is 0 Å². The summed E-state index contributed by atoms with van der Waals surface area (Å²) in [6.45, 7) is 0. The smallest absolute Gasteiger partial charge is 0.446 e. The lowest BCUT2D eigenvalue weighted by molar-refractivity contribution is -0.0328. The third-order valence-electron chi connectivity index (χ3n) is 1.82. The van der Waals surface area contributed by atoms with Gasteiger partial charge in [-0.3, -0.25) is 0 Å². The van der Waals surface area contributed by atoms with E-state index in [9.17, 15) is 22.4 Å². The van der Waals surface area contributed by atoms with Crippen molar-refractivity contribution < 1.29 is 27.1 Å². The second kappa shape index (κ2) is 5.27. The number of rotatable bonds is 2. The molecule has 96 valence electrons. The first-order valence-corrected chi connectivity index (χ1v) is 5.18. The number of hydrogen-bond acceptors (Lipinski definition) is 4. The molecule has 0 amide bonds. The standard InChI is InChI=1S/C10H5F4NO2S/c1-17-9(16)6-3-8(18-10(12,13)14)5(4-15)2-7(6)11/h2-3H,1H3. The summed E-state index contributed by atoms with van der Waals surface area (Å²) in [7, 11) is 0.969. The van der Waals surface area contributed by atoms with Gasteiger partial charge in [0.2, 0.25) is 0 Å². The van der Waals surface area contributed by atoms with E-state index in [1.807, 2.05) is 0 Å². The number of carbonyl (C=O) groups is 1. The van der Waals surface area contributed by atoms with Crippen molar-refractivity contribution in [1.29, 1.82) is 5.26 Å². The number of thioether (sulfide) groups is 1. The van der Waals surface area contributed by atoms with Gasteiger partial charge in [-0.15, -0.1) is 0 Å². The van der Waals surface area contributed by atoms with Gasteiger partial charge >= 0.3 is 11.5 Å². The molecule has 0 saturated carbocycles. The first kappa shape index (κ1) is 14.3. The summed E-state index contributed by atoms with van der Waals surface area (Å²) in [4.78, 5) is 10.6. The zero-order valence-corrected chi connectivity index (χ0v) is 9.66. The molecule has 0 atom stereocenters. The largest absolute Gasteiger partial charge is 0.465 e. The molecule has 0 aliphatic carbocycles. The molecular weight excluding hydrogens is 274 g/mol. The number of nitrogens with zero attached hydrogens (tertiary/aromatic N) is 1. The highest BCUT2D eigenvalue weighted by molar-refractivity contribution is 8.00. The third-order valence-corrected chi connectivity index (χ3v) is 2.61. The summed E-state index contributed by atoms with van der Waals surface area (Å²) in [6.07, 6.45) is 0. The fourth-order valence-corrected chi connectivity index (χ4v) is 1.76. The van der Waals surface area contributed by atoms with Crippen molar-refractivity contribution in [2.24, 2.45) is 0 Å². The first-order valence-electron chi connectivity index (χ1n) is 4.36. The Kier molecular flexibility index (Phi) is 4.19. The highest BCUT2D eigenvalue weighted by atomic mass is 32.2. The number of halogens is 4. The van der Waals surface area contributed by atoms with Gasteiger partial charge in [0, 0.05) is 4.90 Å². The van der Waals surface area contributed by atoms with Crippen LogP contribution in [0.25, 0.3) is 0 Å². The summed E-state index contributed by atoms with van der Waals surface area (Å²) in [5.74, 6) is -2.22. The fraction of sp³-hybridized carbons (Fsp3) is 0.200. The molecule has 8 heteroatoms. The van der Waals surface area contributed by atoms with Gasteiger partial charge in [0.1, 0.15) is 11.9 Å². The van der Waals surface area contributed by atoms with Crippen LogP contribution in [0.1, 0.15) is 15.9 Å². The Morgan fingerprint density at radius 2 is 2.06 bits per heavy atom. The lowest BCUT2D eigenvalue weighted by atomic mass is 10.1. The minimum absolute atomic E-state index is 0.498. The van der Waals surface area contributed by atoms with Crippen LogP contribution < -0.4 is 0 Å². The second-order valence-corrected chi connectivity index (χ2v) is 4.09. The lowest BCUT2D eigenvalue weighted by Crippen LogP contribution is -2.07. The van der Waals surface area contributed by atoms with E-state index in [4.69, 9.17) is 5.26 Å². The topological polar surface area (TPSA) is 50.1 Å². The number of carbonyl (C=O) groups excluding carboxylic acids is 1. The number of nitriles is 1. The maximum Gasteiger partial charge on any atom is 0.446 e. The van der Waals surface area contributed by atoms with Crippen molar-refractivity contribution in [3.05, 3.63) is 29.1 Å². The van der Waals surface area contributed by atoms with Gasteiger partial charge < -0.3 is 4.74 Å². The van der Waals surface area contributed by atoms with E-state index >= 15 is 0 Å². The number of benzene rings is 1. The van der Waals surface area contributed by atoms with Crippen LogP contribution in [-0.2, 0) is 4.74 Å². The molecule has 0 unspecified atom stereocenters. The van der Waals surface area contributed by atoms with Crippen molar-refractivity contribution in [1.82, 2.24) is 0 Å². The van der Waals surface area contributed by atoms with Crippen LogP contribution in [0.3, 0.4) is 0 Å². The molecule has 1 aromatic carbocycles. The van der Waals surface area contributed by atoms with Crippen LogP contribution >= 0.6 is 11.8 Å². The van der Waals surface area contributed by atoms with Gasteiger partial charge in [-0.1, -0.05) is 0 Å². The quantitative estimate of drug-likeness (QED) is 0.474. The Balaban J connectivity index is 3.32. The molecule has 0 aliphatic heterocycles. The van der Waals surface area contributed by atoms with Gasteiger partial charge in [0.25, 0.3) is 0 Å². The van der Waals surface area contributed by atoms with Crippen molar-refractivity contribution >= 4 is 17.7 Å². The van der Waals surface area contributed by atoms with E-state index in [0.29, 0.717) is 12.1 Å². The predicted octanol–water partition coefficient (Wildman–Crippen LogP) is 3.10. The first-order chi connectivity index (χ1) is 8.28. The van der Waals surface area contributed by atoms with Crippen molar-refractivity contribution in [3.63, 3.8) is 0 Å². The van der Waals surface area contributed by atoms with E-state index in [2.05, 4.69) is 4.74 Å². The molecule has 0 heterocycles. The monoisotopic (exact) mass is 279 g/mol. The molecule has 0 radical (unpaired) electrons. The van der Waals surface area contributed by atoms with E-state index in [1.165, 1.54) is 6.07 Å². The normalized spacial score (nSPS) is 10.9.